The third kappa shape index (κ3) is 4.88. The van der Waals surface area contributed by atoms with Gasteiger partial charge in [0.2, 0.25) is 11.7 Å². The van der Waals surface area contributed by atoms with Gasteiger partial charge in [-0.1, -0.05) is 24.3 Å². The molecule has 2 aromatic rings. The minimum absolute atomic E-state index is 0.0295. The van der Waals surface area contributed by atoms with Gasteiger partial charge in [-0.15, -0.1) is 10.2 Å². The first-order valence-corrected chi connectivity index (χ1v) is 7.58. The molecular weight excluding hydrogens is 335 g/mol. The number of hydrogen-bond donors (Lipinski definition) is 0. The van der Waals surface area contributed by atoms with Gasteiger partial charge < -0.3 is 4.90 Å². The first-order valence-electron chi connectivity index (χ1n) is 7.58. The minimum Gasteiger partial charge on any atom is -0.337 e. The molecule has 0 aliphatic carbocycles. The summed E-state index contributed by atoms with van der Waals surface area (Å²) >= 11 is 0. The number of amides is 1. The molecule has 0 aliphatic rings. The number of halogens is 3. The van der Waals surface area contributed by atoms with Crippen molar-refractivity contribution in [2.45, 2.75) is 26.6 Å². The van der Waals surface area contributed by atoms with Crippen LogP contribution in [0.2, 0.25) is 0 Å². The maximum atomic E-state index is 12.8. The van der Waals surface area contributed by atoms with Gasteiger partial charge in [0.05, 0.1) is 5.56 Å². The number of likely N-dealkylation sites (N-methyl/N-ethyl adjacent to an activating group) is 1. The minimum atomic E-state index is -4.45. The van der Waals surface area contributed by atoms with E-state index in [-0.39, 0.29) is 23.8 Å². The van der Waals surface area contributed by atoms with E-state index in [2.05, 4.69) is 22.0 Å². The molecule has 0 fully saturated rings. The summed E-state index contributed by atoms with van der Waals surface area (Å²) in [4.78, 5) is 14.9. The number of hydrogen-bond acceptors (Lipinski definition) is 4. The van der Waals surface area contributed by atoms with Gasteiger partial charge in [0.1, 0.15) is 6.54 Å². The molecule has 6 nitrogen and oxygen atoms in total. The van der Waals surface area contributed by atoms with E-state index in [4.69, 9.17) is 0 Å². The van der Waals surface area contributed by atoms with Crippen LogP contribution in [0, 0.1) is 0 Å². The van der Waals surface area contributed by atoms with Gasteiger partial charge in [-0.05, 0) is 31.2 Å². The molecule has 0 bridgehead atoms. The number of aromatic nitrogens is 4. The summed E-state index contributed by atoms with van der Waals surface area (Å²) in [5.74, 6) is -0.194. The van der Waals surface area contributed by atoms with Crippen molar-refractivity contribution in [2.24, 2.45) is 0 Å². The Labute approximate surface area is 142 Å². The van der Waals surface area contributed by atoms with Crippen molar-refractivity contribution in [3.05, 3.63) is 42.0 Å². The lowest BCUT2D eigenvalue weighted by Crippen LogP contribution is -2.35. The third-order valence-electron chi connectivity index (χ3n) is 3.37. The van der Waals surface area contributed by atoms with Crippen LogP contribution < -0.4 is 0 Å². The summed E-state index contributed by atoms with van der Waals surface area (Å²) in [6, 6.07) is 4.64. The monoisotopic (exact) mass is 353 g/mol. The number of alkyl halides is 3. The zero-order chi connectivity index (χ0) is 18.6. The van der Waals surface area contributed by atoms with Crippen molar-refractivity contribution in [2.75, 3.05) is 13.1 Å². The molecule has 0 saturated heterocycles. The molecule has 1 amide bonds. The van der Waals surface area contributed by atoms with Crippen LogP contribution in [0.1, 0.15) is 19.4 Å². The van der Waals surface area contributed by atoms with Gasteiger partial charge in [0.25, 0.3) is 0 Å². The zero-order valence-electron chi connectivity index (χ0n) is 13.9. The van der Waals surface area contributed by atoms with Gasteiger partial charge in [-0.2, -0.15) is 18.0 Å². The Balaban J connectivity index is 2.15. The molecule has 134 valence electrons. The van der Waals surface area contributed by atoms with Crippen LogP contribution in [0.3, 0.4) is 0 Å². The predicted octanol–water partition coefficient (Wildman–Crippen LogP) is 2.78. The Morgan fingerprint density at radius 1 is 1.36 bits per heavy atom. The van der Waals surface area contributed by atoms with E-state index in [9.17, 15) is 18.0 Å². The standard InChI is InChI=1S/C16H18F3N5O/c1-4-23(9-11(2)3)14(25)10-24-21-15(20-22-24)12-6-5-7-13(8-12)16(17,18)19/h5-8H,2,4,9-10H2,1,3H3. The molecule has 0 spiro atoms. The lowest BCUT2D eigenvalue weighted by atomic mass is 10.1. The second-order valence-corrected chi connectivity index (χ2v) is 5.59. The first-order chi connectivity index (χ1) is 11.7. The van der Waals surface area contributed by atoms with E-state index in [1.54, 1.807) is 4.90 Å². The van der Waals surface area contributed by atoms with Crippen molar-refractivity contribution in [3.8, 4) is 11.4 Å². The number of benzene rings is 1. The summed E-state index contributed by atoms with van der Waals surface area (Å²) in [6.07, 6.45) is -4.45. The van der Waals surface area contributed by atoms with E-state index in [1.807, 2.05) is 13.8 Å². The fraction of sp³-hybridized carbons (Fsp3) is 0.375. The SMILES string of the molecule is C=C(C)CN(CC)C(=O)Cn1nnc(-c2cccc(C(F)(F)F)c2)n1. The van der Waals surface area contributed by atoms with Crippen LogP contribution in [-0.4, -0.2) is 44.1 Å². The van der Waals surface area contributed by atoms with Crippen LogP contribution in [0.15, 0.2) is 36.4 Å². The number of rotatable bonds is 6. The van der Waals surface area contributed by atoms with E-state index in [1.165, 1.54) is 12.1 Å². The summed E-state index contributed by atoms with van der Waals surface area (Å²) < 4.78 is 38.3. The first kappa shape index (κ1) is 18.6. The van der Waals surface area contributed by atoms with Gasteiger partial charge in [0, 0.05) is 18.7 Å². The van der Waals surface area contributed by atoms with Gasteiger partial charge >= 0.3 is 6.18 Å². The highest BCUT2D eigenvalue weighted by Gasteiger charge is 2.30. The molecular formula is C16H18F3N5O. The molecule has 25 heavy (non-hydrogen) atoms. The van der Waals surface area contributed by atoms with Crippen LogP contribution in [0.4, 0.5) is 13.2 Å². The van der Waals surface area contributed by atoms with Gasteiger partial charge in [0.15, 0.2) is 0 Å². The molecule has 0 aliphatic heterocycles. The summed E-state index contributed by atoms with van der Waals surface area (Å²) in [6.45, 7) is 8.20. The Morgan fingerprint density at radius 2 is 2.08 bits per heavy atom. The van der Waals surface area contributed by atoms with Crippen LogP contribution in [-0.2, 0) is 17.5 Å². The third-order valence-corrected chi connectivity index (χ3v) is 3.37. The second kappa shape index (κ2) is 7.45. The smallest absolute Gasteiger partial charge is 0.337 e. The Morgan fingerprint density at radius 3 is 2.68 bits per heavy atom. The second-order valence-electron chi connectivity index (χ2n) is 5.59. The molecule has 0 saturated carbocycles. The average molecular weight is 353 g/mol. The fourth-order valence-corrected chi connectivity index (χ4v) is 2.18. The summed E-state index contributed by atoms with van der Waals surface area (Å²) in [5.41, 5.74) is 0.227. The molecule has 1 aromatic carbocycles. The van der Waals surface area contributed by atoms with Crippen molar-refractivity contribution >= 4 is 5.91 Å². The molecule has 0 N–H and O–H groups in total. The lowest BCUT2D eigenvalue weighted by Gasteiger charge is -2.20. The highest BCUT2D eigenvalue weighted by atomic mass is 19.4. The van der Waals surface area contributed by atoms with Crippen LogP contribution >= 0.6 is 0 Å². The molecule has 2 rings (SSSR count). The predicted molar refractivity (Wildman–Crippen MR) is 85.3 cm³/mol. The highest BCUT2D eigenvalue weighted by Crippen LogP contribution is 2.31. The quantitative estimate of drug-likeness (QED) is 0.749. The van der Waals surface area contributed by atoms with Crippen molar-refractivity contribution in [1.82, 2.24) is 25.1 Å². The zero-order valence-corrected chi connectivity index (χ0v) is 13.9. The number of carbonyl (C=O) groups excluding carboxylic acids is 1. The summed E-state index contributed by atoms with van der Waals surface area (Å²) in [5, 5.41) is 11.5. The van der Waals surface area contributed by atoms with Crippen molar-refractivity contribution in [1.29, 1.82) is 0 Å². The van der Waals surface area contributed by atoms with E-state index < -0.39 is 11.7 Å². The Kier molecular flexibility index (Phi) is 5.55. The van der Waals surface area contributed by atoms with Crippen molar-refractivity contribution in [3.63, 3.8) is 0 Å². The van der Waals surface area contributed by atoms with Crippen LogP contribution in [0.25, 0.3) is 11.4 Å². The summed E-state index contributed by atoms with van der Waals surface area (Å²) in [7, 11) is 0. The van der Waals surface area contributed by atoms with Crippen molar-refractivity contribution < 1.29 is 18.0 Å². The number of carbonyl (C=O) groups is 1. The van der Waals surface area contributed by atoms with Gasteiger partial charge in [-0.3, -0.25) is 4.79 Å². The maximum absolute atomic E-state index is 12.8. The fourth-order valence-electron chi connectivity index (χ4n) is 2.18. The largest absolute Gasteiger partial charge is 0.416 e. The maximum Gasteiger partial charge on any atom is 0.416 e. The number of tetrazole rings is 1. The van der Waals surface area contributed by atoms with E-state index in [0.29, 0.717) is 13.1 Å². The average Bonchev–Trinajstić information content (AvgIpc) is 3.00. The lowest BCUT2D eigenvalue weighted by molar-refractivity contribution is -0.137. The number of nitrogens with zero attached hydrogens (tertiary/aromatic N) is 5. The molecule has 9 heteroatoms. The highest BCUT2D eigenvalue weighted by molar-refractivity contribution is 5.76. The molecule has 1 heterocycles. The van der Waals surface area contributed by atoms with E-state index >= 15 is 0 Å². The molecule has 1 aromatic heterocycles. The molecule has 0 atom stereocenters. The van der Waals surface area contributed by atoms with Crippen LogP contribution in [0.5, 0.6) is 0 Å². The Bertz CT molecular complexity index is 769. The molecule has 0 radical (unpaired) electrons. The van der Waals surface area contributed by atoms with E-state index in [0.717, 1.165) is 22.5 Å². The van der Waals surface area contributed by atoms with Gasteiger partial charge in [-0.25, -0.2) is 0 Å². The Hall–Kier alpha value is -2.71. The normalized spacial score (nSPS) is 11.4. The molecule has 0 unspecified atom stereocenters. The topological polar surface area (TPSA) is 63.9 Å².